The molecule has 2 N–H and O–H groups in total. The lowest BCUT2D eigenvalue weighted by molar-refractivity contribution is -0.144. The largest absolute Gasteiger partial charge is 0.479 e. The van der Waals surface area contributed by atoms with Crippen molar-refractivity contribution in [3.63, 3.8) is 0 Å². The van der Waals surface area contributed by atoms with Crippen molar-refractivity contribution in [2.45, 2.75) is 65.1 Å². The van der Waals surface area contributed by atoms with Gasteiger partial charge in [0.2, 0.25) is 0 Å². The number of nitrogens with one attached hydrogen (secondary N) is 1. The molecule has 1 saturated carbocycles. The lowest BCUT2D eigenvalue weighted by atomic mass is 10.0. The van der Waals surface area contributed by atoms with Gasteiger partial charge in [-0.25, -0.2) is 4.79 Å². The van der Waals surface area contributed by atoms with Gasteiger partial charge in [0.1, 0.15) is 5.75 Å². The topological polar surface area (TPSA) is 80.6 Å². The molecule has 1 unspecified atom stereocenters. The van der Waals surface area contributed by atoms with Crippen molar-refractivity contribution in [1.29, 1.82) is 0 Å². The molecule has 0 saturated heterocycles. The summed E-state index contributed by atoms with van der Waals surface area (Å²) in [6, 6.07) is 21.8. The first-order valence-corrected chi connectivity index (χ1v) is 13.2. The molecule has 0 spiro atoms. The molecule has 6 heteroatoms. The van der Waals surface area contributed by atoms with Gasteiger partial charge in [0.05, 0.1) is 12.6 Å². The Morgan fingerprint density at radius 1 is 1.03 bits per heavy atom. The van der Waals surface area contributed by atoms with Gasteiger partial charge >= 0.3 is 5.97 Å². The van der Waals surface area contributed by atoms with Gasteiger partial charge in [-0.1, -0.05) is 42.5 Å². The third-order valence-electron chi connectivity index (χ3n) is 7.66. The highest BCUT2D eigenvalue weighted by Gasteiger charge is 2.24. The number of carbonyl (C=O) groups excluding carboxylic acids is 1. The Morgan fingerprint density at radius 3 is 2.53 bits per heavy atom. The van der Waals surface area contributed by atoms with E-state index in [1.807, 2.05) is 43.3 Å². The van der Waals surface area contributed by atoms with Crippen molar-refractivity contribution in [3.8, 4) is 5.75 Å². The molecule has 1 aliphatic carbocycles. The summed E-state index contributed by atoms with van der Waals surface area (Å²) in [6.45, 7) is 8.21. The van der Waals surface area contributed by atoms with E-state index in [4.69, 9.17) is 4.74 Å². The molecule has 1 amide bonds. The van der Waals surface area contributed by atoms with E-state index in [1.54, 1.807) is 6.07 Å². The van der Waals surface area contributed by atoms with Crippen molar-refractivity contribution in [2.75, 3.05) is 0 Å². The van der Waals surface area contributed by atoms with Gasteiger partial charge in [0.15, 0.2) is 6.10 Å². The van der Waals surface area contributed by atoms with E-state index in [-0.39, 0.29) is 11.9 Å². The molecule has 3 aromatic carbocycles. The predicted molar refractivity (Wildman–Crippen MR) is 149 cm³/mol. The Hall–Kier alpha value is -4.06. The number of amides is 1. The first-order valence-electron chi connectivity index (χ1n) is 13.2. The second-order valence-corrected chi connectivity index (χ2v) is 10.4. The van der Waals surface area contributed by atoms with Crippen molar-refractivity contribution >= 4 is 22.8 Å². The molecule has 0 bridgehead atoms. The standard InChI is InChI=1S/C32H34N2O4/c1-19-21(3)34(18-27-8-5-6-11-30(27)38-22(4)32(36)37)29-15-14-26(17-28(19)29)31(35)33-20(2)24-9-7-10-25(16-24)23-12-13-23/h5-11,14-17,20,22-23H,12-13,18H2,1-4H3,(H,33,35)(H,36,37)/t20-,22?/m0/s1. The second kappa shape index (κ2) is 10.4. The molecular formula is C32H34N2O4. The summed E-state index contributed by atoms with van der Waals surface area (Å²) in [5.41, 5.74) is 7.22. The number of fused-ring (bicyclic) bond motifs is 1. The zero-order valence-electron chi connectivity index (χ0n) is 22.3. The van der Waals surface area contributed by atoms with E-state index in [1.165, 1.54) is 25.3 Å². The SMILES string of the molecule is Cc1c(C)n(Cc2ccccc2OC(C)C(=O)O)c2ccc(C(=O)N[C@@H](C)c3cccc(C4CC4)c3)cc12. The number of carboxylic acid groups (broad SMARTS) is 1. The normalized spacial score (nSPS) is 14.7. The van der Waals surface area contributed by atoms with Gasteiger partial charge in [-0.05, 0) is 87.4 Å². The van der Waals surface area contributed by atoms with Crippen LogP contribution in [-0.4, -0.2) is 27.7 Å². The van der Waals surface area contributed by atoms with E-state index in [0.717, 1.165) is 33.3 Å². The monoisotopic (exact) mass is 510 g/mol. The summed E-state index contributed by atoms with van der Waals surface area (Å²) < 4.78 is 7.91. The molecule has 38 heavy (non-hydrogen) atoms. The minimum absolute atomic E-state index is 0.0889. The maximum Gasteiger partial charge on any atom is 0.344 e. The Kier molecular flexibility index (Phi) is 6.98. The van der Waals surface area contributed by atoms with Gasteiger partial charge in [0, 0.05) is 27.7 Å². The predicted octanol–water partition coefficient (Wildman–Crippen LogP) is 6.53. The fourth-order valence-electron chi connectivity index (χ4n) is 5.02. The molecule has 1 fully saturated rings. The van der Waals surface area contributed by atoms with Crippen LogP contribution in [0.2, 0.25) is 0 Å². The van der Waals surface area contributed by atoms with Crippen molar-refractivity contribution in [2.24, 2.45) is 0 Å². The lowest BCUT2D eigenvalue weighted by Gasteiger charge is -2.17. The average molecular weight is 511 g/mol. The lowest BCUT2D eigenvalue weighted by Crippen LogP contribution is -2.26. The number of nitrogens with zero attached hydrogens (tertiary/aromatic N) is 1. The van der Waals surface area contributed by atoms with Crippen molar-refractivity contribution < 1.29 is 19.4 Å². The second-order valence-electron chi connectivity index (χ2n) is 10.4. The molecular weight excluding hydrogens is 476 g/mol. The summed E-state index contributed by atoms with van der Waals surface area (Å²) >= 11 is 0. The van der Waals surface area contributed by atoms with E-state index in [0.29, 0.717) is 23.8 Å². The molecule has 196 valence electrons. The number of hydrogen-bond donors (Lipinski definition) is 2. The number of rotatable bonds is 9. The van der Waals surface area contributed by atoms with E-state index >= 15 is 0 Å². The van der Waals surface area contributed by atoms with Crippen molar-refractivity contribution in [1.82, 2.24) is 9.88 Å². The quantitative estimate of drug-likeness (QED) is 0.268. The number of aryl methyl sites for hydroxylation is 1. The molecule has 0 radical (unpaired) electrons. The van der Waals surface area contributed by atoms with Gasteiger partial charge in [-0.15, -0.1) is 0 Å². The molecule has 2 atom stereocenters. The number of benzene rings is 3. The first kappa shape index (κ1) is 25.6. The zero-order valence-corrected chi connectivity index (χ0v) is 22.3. The van der Waals surface area contributed by atoms with Crippen LogP contribution >= 0.6 is 0 Å². The van der Waals surface area contributed by atoms with Gasteiger partial charge in [-0.3, -0.25) is 4.79 Å². The van der Waals surface area contributed by atoms with Crippen LogP contribution in [0.15, 0.2) is 66.7 Å². The van der Waals surface area contributed by atoms with Crippen LogP contribution in [0.1, 0.15) is 77.0 Å². The van der Waals surface area contributed by atoms with Gasteiger partial charge < -0.3 is 19.7 Å². The third-order valence-corrected chi connectivity index (χ3v) is 7.66. The highest BCUT2D eigenvalue weighted by atomic mass is 16.5. The molecule has 5 rings (SSSR count). The van der Waals surface area contributed by atoms with E-state index in [9.17, 15) is 14.7 Å². The van der Waals surface area contributed by atoms with Gasteiger partial charge in [-0.2, -0.15) is 0 Å². The van der Waals surface area contributed by atoms with Crippen LogP contribution in [0.5, 0.6) is 5.75 Å². The minimum Gasteiger partial charge on any atom is -0.479 e. The van der Waals surface area contributed by atoms with Crippen molar-refractivity contribution in [3.05, 3.63) is 100 Å². The Labute approximate surface area is 223 Å². The summed E-state index contributed by atoms with van der Waals surface area (Å²) in [5, 5.41) is 13.5. The summed E-state index contributed by atoms with van der Waals surface area (Å²) in [7, 11) is 0. The molecule has 6 nitrogen and oxygen atoms in total. The fraction of sp³-hybridized carbons (Fsp3) is 0.312. The maximum atomic E-state index is 13.2. The number of para-hydroxylation sites is 1. The summed E-state index contributed by atoms with van der Waals surface area (Å²) in [6.07, 6.45) is 1.56. The zero-order chi connectivity index (χ0) is 27.0. The molecule has 0 aliphatic heterocycles. The van der Waals surface area contributed by atoms with Crippen LogP contribution < -0.4 is 10.1 Å². The Bertz CT molecular complexity index is 1520. The minimum atomic E-state index is -1.01. The smallest absolute Gasteiger partial charge is 0.344 e. The first-order chi connectivity index (χ1) is 18.2. The van der Waals surface area contributed by atoms with E-state index in [2.05, 4.69) is 48.0 Å². The van der Waals surface area contributed by atoms with Crippen LogP contribution in [-0.2, 0) is 11.3 Å². The fourth-order valence-corrected chi connectivity index (χ4v) is 5.02. The highest BCUT2D eigenvalue weighted by Crippen LogP contribution is 2.40. The highest BCUT2D eigenvalue weighted by molar-refractivity contribution is 5.99. The number of hydrogen-bond acceptors (Lipinski definition) is 3. The molecule has 1 aromatic heterocycles. The summed E-state index contributed by atoms with van der Waals surface area (Å²) in [4.78, 5) is 24.5. The number of aliphatic carboxylic acids is 1. The summed E-state index contributed by atoms with van der Waals surface area (Å²) in [5.74, 6) is 0.128. The molecule has 1 aliphatic rings. The van der Waals surface area contributed by atoms with Crippen LogP contribution in [0.4, 0.5) is 0 Å². The third kappa shape index (κ3) is 5.17. The number of carbonyl (C=O) groups is 2. The number of carboxylic acids is 1. The van der Waals surface area contributed by atoms with Crippen LogP contribution in [0, 0.1) is 13.8 Å². The average Bonchev–Trinajstić information content (AvgIpc) is 3.74. The maximum absolute atomic E-state index is 13.2. The number of aromatic nitrogens is 1. The van der Waals surface area contributed by atoms with Crippen LogP contribution in [0.25, 0.3) is 10.9 Å². The van der Waals surface area contributed by atoms with Crippen LogP contribution in [0.3, 0.4) is 0 Å². The van der Waals surface area contributed by atoms with Gasteiger partial charge in [0.25, 0.3) is 5.91 Å². The van der Waals surface area contributed by atoms with E-state index < -0.39 is 12.1 Å². The molecule has 1 heterocycles. The molecule has 4 aromatic rings. The Balaban J connectivity index is 1.38. The number of ether oxygens (including phenoxy) is 1. The Morgan fingerprint density at radius 2 is 1.79 bits per heavy atom.